The molecule has 2 atom stereocenters. The van der Waals surface area contributed by atoms with Gasteiger partial charge < -0.3 is 10.4 Å². The van der Waals surface area contributed by atoms with Crippen molar-refractivity contribution in [3.8, 4) is 0 Å². The lowest BCUT2D eigenvalue weighted by atomic mass is 10.1. The van der Waals surface area contributed by atoms with Gasteiger partial charge in [-0.15, -0.1) is 11.3 Å². The number of benzene rings is 2. The van der Waals surface area contributed by atoms with Gasteiger partial charge >= 0.3 is 5.97 Å². The van der Waals surface area contributed by atoms with E-state index >= 15 is 4.39 Å². The Morgan fingerprint density at radius 3 is 2.89 bits per heavy atom. The van der Waals surface area contributed by atoms with Crippen LogP contribution >= 0.6 is 34.3 Å². The fourth-order valence-electron chi connectivity index (χ4n) is 4.32. The summed E-state index contributed by atoms with van der Waals surface area (Å²) in [7, 11) is 0. The number of nitrogens with one attached hydrogen (secondary N) is 1. The summed E-state index contributed by atoms with van der Waals surface area (Å²) in [4.78, 5) is 39.4. The molecule has 5 rings (SSSR count). The molecule has 38 heavy (non-hydrogen) atoms. The van der Waals surface area contributed by atoms with E-state index in [0.29, 0.717) is 23.8 Å². The normalized spacial score (nSPS) is 16.7. The zero-order valence-corrected chi connectivity index (χ0v) is 22.7. The first kappa shape index (κ1) is 26.6. The Morgan fingerprint density at radius 2 is 2.13 bits per heavy atom. The first-order chi connectivity index (χ1) is 18.3. The summed E-state index contributed by atoms with van der Waals surface area (Å²) in [6.07, 6.45) is 2.49. The molecule has 0 amide bonds. The Bertz CT molecular complexity index is 1460. The number of thiazole rings is 2. The summed E-state index contributed by atoms with van der Waals surface area (Å²) in [5, 5.41) is 15.3. The number of carbonyl (C=O) groups is 2. The van der Waals surface area contributed by atoms with E-state index in [1.54, 1.807) is 11.3 Å². The number of Topliss-reactive ketones (excluding diaryl/α,β-unsaturated/α-hetero) is 1. The monoisotopic (exact) mass is 574 g/mol. The highest BCUT2D eigenvalue weighted by atomic mass is 35.5. The predicted octanol–water partition coefficient (Wildman–Crippen LogP) is 6.70. The maximum absolute atomic E-state index is 15.4. The number of hydrogen-bond donors (Lipinski definition) is 2. The van der Waals surface area contributed by atoms with Gasteiger partial charge in [-0.25, -0.2) is 14.4 Å². The van der Waals surface area contributed by atoms with Crippen LogP contribution in [-0.2, 0) is 20.8 Å². The molecule has 2 aromatic carbocycles. The van der Waals surface area contributed by atoms with Crippen molar-refractivity contribution in [2.24, 2.45) is 0 Å². The number of ketones is 1. The second-order valence-corrected chi connectivity index (χ2v) is 11.5. The Kier molecular flexibility index (Phi) is 8.01. The van der Waals surface area contributed by atoms with E-state index in [1.165, 1.54) is 41.7 Å². The molecule has 0 aliphatic carbocycles. The van der Waals surface area contributed by atoms with Crippen LogP contribution in [0.4, 0.5) is 15.2 Å². The Balaban J connectivity index is 1.34. The number of aliphatic carboxylic acids is 1. The largest absolute Gasteiger partial charge is 0.481 e. The van der Waals surface area contributed by atoms with E-state index in [-0.39, 0.29) is 28.8 Å². The van der Waals surface area contributed by atoms with Crippen molar-refractivity contribution in [3.63, 3.8) is 0 Å². The number of hydroxylamine groups is 2. The summed E-state index contributed by atoms with van der Waals surface area (Å²) < 4.78 is 16.4. The van der Waals surface area contributed by atoms with Gasteiger partial charge in [0.25, 0.3) is 0 Å². The molecule has 8 nitrogen and oxygen atoms in total. The number of carboxylic acids is 1. The van der Waals surface area contributed by atoms with Gasteiger partial charge in [0.2, 0.25) is 0 Å². The molecule has 0 radical (unpaired) electrons. The molecular weight excluding hydrogens is 551 g/mol. The molecule has 0 saturated carbocycles. The third kappa shape index (κ3) is 5.87. The summed E-state index contributed by atoms with van der Waals surface area (Å²) >= 11 is 9.36. The number of aryl methyl sites for hydroxylation is 1. The number of hydrogen-bond acceptors (Lipinski definition) is 9. The van der Waals surface area contributed by atoms with E-state index in [1.807, 2.05) is 24.3 Å². The standard InChI is InChI=1S/C26H24ClFN4O4S2/c1-14(33)24(36-32-10-4-6-21(32)25-29-13-15(37-25)8-9-23(34)35)16-11-17(27)20(12-18(16)28)31-26-30-19-5-2-3-7-22(19)38-26/h2-3,5,7,11-13,21,24H,4,6,8-10H2,1H3,(H,30,31)(H,34,35)/t21-,24?/m0/s1. The number of nitrogens with zero attached hydrogens (tertiary/aromatic N) is 3. The van der Waals surface area contributed by atoms with Crippen LogP contribution in [0.25, 0.3) is 10.2 Å². The SMILES string of the molecule is CC(=O)C(ON1CCC[C@H]1c1ncc(CCC(=O)O)s1)c1cc(Cl)c(Nc2nc3ccccc3s2)cc1F. The topological polar surface area (TPSA) is 105 Å². The maximum atomic E-state index is 15.4. The first-order valence-electron chi connectivity index (χ1n) is 12.0. The van der Waals surface area contributed by atoms with E-state index < -0.39 is 17.9 Å². The molecule has 1 unspecified atom stereocenters. The Hall–Kier alpha value is -2.96. The summed E-state index contributed by atoms with van der Waals surface area (Å²) in [5.41, 5.74) is 1.21. The molecule has 3 heterocycles. The second-order valence-electron chi connectivity index (χ2n) is 8.92. The minimum absolute atomic E-state index is 0.0305. The molecule has 0 bridgehead atoms. The van der Waals surface area contributed by atoms with E-state index in [2.05, 4.69) is 15.3 Å². The minimum atomic E-state index is -1.18. The summed E-state index contributed by atoms with van der Waals surface area (Å²) in [6.45, 7) is 1.90. The second kappa shape index (κ2) is 11.4. The first-order valence-corrected chi connectivity index (χ1v) is 14.0. The maximum Gasteiger partial charge on any atom is 0.303 e. The molecule has 2 N–H and O–H groups in total. The number of anilines is 2. The highest BCUT2D eigenvalue weighted by Gasteiger charge is 2.34. The zero-order valence-electron chi connectivity index (χ0n) is 20.3. The van der Waals surface area contributed by atoms with Gasteiger partial charge in [0.05, 0.1) is 33.4 Å². The molecule has 1 aliphatic rings. The lowest BCUT2D eigenvalue weighted by molar-refractivity contribution is -0.210. The molecule has 4 aromatic rings. The third-order valence-electron chi connectivity index (χ3n) is 6.16. The van der Waals surface area contributed by atoms with Crippen molar-refractivity contribution in [1.29, 1.82) is 0 Å². The number of aromatic nitrogens is 2. The number of fused-ring (bicyclic) bond motifs is 1. The van der Waals surface area contributed by atoms with Crippen LogP contribution in [0, 0.1) is 5.82 Å². The third-order valence-corrected chi connectivity index (χ3v) is 8.58. The lowest BCUT2D eigenvalue weighted by Crippen LogP contribution is -2.29. The van der Waals surface area contributed by atoms with Gasteiger partial charge in [-0.2, -0.15) is 5.06 Å². The molecule has 0 spiro atoms. The zero-order chi connectivity index (χ0) is 26.8. The van der Waals surface area contributed by atoms with Gasteiger partial charge in [-0.05, 0) is 50.5 Å². The van der Waals surface area contributed by atoms with Gasteiger partial charge in [0, 0.05) is 23.2 Å². The summed E-state index contributed by atoms with van der Waals surface area (Å²) in [5.74, 6) is -1.85. The lowest BCUT2D eigenvalue weighted by Gasteiger charge is -2.27. The Morgan fingerprint density at radius 1 is 1.32 bits per heavy atom. The number of carboxylic acid groups (broad SMARTS) is 1. The highest BCUT2D eigenvalue weighted by molar-refractivity contribution is 7.22. The molecule has 1 aliphatic heterocycles. The quantitative estimate of drug-likeness (QED) is 0.215. The van der Waals surface area contributed by atoms with Crippen LogP contribution in [0.5, 0.6) is 0 Å². The van der Waals surface area contributed by atoms with Crippen molar-refractivity contribution in [1.82, 2.24) is 15.0 Å². The van der Waals surface area contributed by atoms with Crippen LogP contribution in [0.2, 0.25) is 5.02 Å². The fourth-order valence-corrected chi connectivity index (χ4v) is 6.47. The predicted molar refractivity (Wildman–Crippen MR) is 146 cm³/mol. The van der Waals surface area contributed by atoms with Crippen molar-refractivity contribution in [3.05, 3.63) is 68.9 Å². The van der Waals surface area contributed by atoms with Crippen molar-refractivity contribution in [2.75, 3.05) is 11.9 Å². The van der Waals surface area contributed by atoms with E-state index in [4.69, 9.17) is 21.5 Å². The Labute approximate surface area is 231 Å². The fraction of sp³-hybridized carbons (Fsp3) is 0.308. The van der Waals surface area contributed by atoms with Crippen molar-refractivity contribution < 1.29 is 23.9 Å². The van der Waals surface area contributed by atoms with Gasteiger partial charge in [0.1, 0.15) is 10.8 Å². The van der Waals surface area contributed by atoms with Crippen LogP contribution in [0.15, 0.2) is 42.6 Å². The van der Waals surface area contributed by atoms with E-state index in [9.17, 15) is 9.59 Å². The molecule has 2 aromatic heterocycles. The van der Waals surface area contributed by atoms with Crippen LogP contribution in [0.1, 0.15) is 53.8 Å². The molecule has 198 valence electrons. The van der Waals surface area contributed by atoms with Gasteiger partial charge in [-0.1, -0.05) is 35.1 Å². The van der Waals surface area contributed by atoms with Crippen LogP contribution < -0.4 is 5.32 Å². The highest BCUT2D eigenvalue weighted by Crippen LogP contribution is 2.39. The van der Waals surface area contributed by atoms with Gasteiger partial charge in [0.15, 0.2) is 17.0 Å². The van der Waals surface area contributed by atoms with Crippen LogP contribution in [-0.4, -0.2) is 38.4 Å². The average molecular weight is 575 g/mol. The smallest absolute Gasteiger partial charge is 0.303 e. The molecule has 1 saturated heterocycles. The molecule has 1 fully saturated rings. The number of para-hydroxylation sites is 1. The average Bonchev–Trinajstić information content (AvgIpc) is 3.62. The van der Waals surface area contributed by atoms with E-state index in [0.717, 1.165) is 32.9 Å². The van der Waals surface area contributed by atoms with Crippen molar-refractivity contribution in [2.45, 2.75) is 44.8 Å². The summed E-state index contributed by atoms with van der Waals surface area (Å²) in [6, 6.07) is 10.1. The van der Waals surface area contributed by atoms with Gasteiger partial charge in [-0.3, -0.25) is 14.4 Å². The minimum Gasteiger partial charge on any atom is -0.481 e. The number of rotatable bonds is 10. The number of carbonyl (C=O) groups excluding carboxylic acids is 1. The number of halogens is 2. The molecule has 12 heteroatoms. The van der Waals surface area contributed by atoms with Crippen LogP contribution in [0.3, 0.4) is 0 Å². The molecular formula is C26H24ClFN4O4S2. The van der Waals surface area contributed by atoms with Crippen molar-refractivity contribution >= 4 is 67.1 Å².